The maximum atomic E-state index is 13.1. The van der Waals surface area contributed by atoms with Gasteiger partial charge in [0.2, 0.25) is 5.91 Å². The van der Waals surface area contributed by atoms with Gasteiger partial charge in [0.1, 0.15) is 0 Å². The van der Waals surface area contributed by atoms with Gasteiger partial charge in [-0.2, -0.15) is 0 Å². The van der Waals surface area contributed by atoms with Crippen LogP contribution < -0.4 is 4.90 Å². The monoisotopic (exact) mass is 449 g/mol. The standard InChI is InChI=1S/C22H27N3OS2.ClH/c1-16-13-17(2)21-19(14-16)28-22(23-21)25(12-8-11-24(3)4)20(26)15-27-18-9-6-5-7-10-18;/h5-7,9-10,13-14H,8,11-12,15H2,1-4H3;1H. The van der Waals surface area contributed by atoms with Crippen LogP contribution in [0.25, 0.3) is 10.2 Å². The SMILES string of the molecule is Cc1cc(C)c2nc(N(CCCN(C)C)C(=O)CSc3ccccc3)sc2c1.Cl. The van der Waals surface area contributed by atoms with Crippen LogP contribution in [0.2, 0.25) is 0 Å². The van der Waals surface area contributed by atoms with Gasteiger partial charge in [-0.05, 0) is 70.2 Å². The van der Waals surface area contributed by atoms with E-state index in [4.69, 9.17) is 4.98 Å². The second-order valence-corrected chi connectivity index (χ2v) is 9.29. The number of hydrogen-bond acceptors (Lipinski definition) is 5. The molecule has 0 bridgehead atoms. The van der Waals surface area contributed by atoms with Crippen molar-refractivity contribution in [1.29, 1.82) is 0 Å². The molecule has 4 nitrogen and oxygen atoms in total. The van der Waals surface area contributed by atoms with Crippen molar-refractivity contribution < 1.29 is 4.79 Å². The van der Waals surface area contributed by atoms with E-state index in [2.05, 4.69) is 45.0 Å². The van der Waals surface area contributed by atoms with Crippen LogP contribution in [-0.2, 0) is 4.79 Å². The Balaban J connectivity index is 0.00000300. The van der Waals surface area contributed by atoms with Gasteiger partial charge in [0, 0.05) is 11.4 Å². The number of aryl methyl sites for hydroxylation is 2. The summed E-state index contributed by atoms with van der Waals surface area (Å²) in [6, 6.07) is 14.4. The highest BCUT2D eigenvalue weighted by Gasteiger charge is 2.20. The Kier molecular flexibility index (Phi) is 8.96. The molecule has 0 spiro atoms. The lowest BCUT2D eigenvalue weighted by atomic mass is 10.1. The van der Waals surface area contributed by atoms with Crippen molar-refractivity contribution in [2.75, 3.05) is 37.8 Å². The molecular formula is C22H28ClN3OS2. The number of anilines is 1. The summed E-state index contributed by atoms with van der Waals surface area (Å²) in [6.45, 7) is 5.81. The number of halogens is 1. The zero-order chi connectivity index (χ0) is 20.1. The molecule has 0 aliphatic rings. The molecule has 29 heavy (non-hydrogen) atoms. The molecular weight excluding hydrogens is 422 g/mol. The molecule has 0 N–H and O–H groups in total. The molecule has 0 aliphatic heterocycles. The Labute approximate surface area is 187 Å². The maximum Gasteiger partial charge on any atom is 0.239 e. The van der Waals surface area contributed by atoms with E-state index in [0.29, 0.717) is 12.3 Å². The Morgan fingerprint density at radius 1 is 1.10 bits per heavy atom. The first-order valence-electron chi connectivity index (χ1n) is 9.45. The number of aromatic nitrogens is 1. The van der Waals surface area contributed by atoms with E-state index in [9.17, 15) is 4.79 Å². The van der Waals surface area contributed by atoms with E-state index in [1.165, 1.54) is 5.56 Å². The van der Waals surface area contributed by atoms with Gasteiger partial charge in [0.25, 0.3) is 0 Å². The number of benzene rings is 2. The van der Waals surface area contributed by atoms with Crippen molar-refractivity contribution in [2.24, 2.45) is 0 Å². The zero-order valence-electron chi connectivity index (χ0n) is 17.3. The number of carbonyl (C=O) groups is 1. The molecule has 156 valence electrons. The van der Waals surface area contributed by atoms with Crippen molar-refractivity contribution in [3.05, 3.63) is 53.6 Å². The zero-order valence-corrected chi connectivity index (χ0v) is 19.8. The average molecular weight is 450 g/mol. The largest absolute Gasteiger partial charge is 0.309 e. The van der Waals surface area contributed by atoms with Crippen LogP contribution in [0.15, 0.2) is 47.4 Å². The number of carbonyl (C=O) groups excluding carboxylic acids is 1. The highest BCUT2D eigenvalue weighted by Crippen LogP contribution is 2.32. The summed E-state index contributed by atoms with van der Waals surface area (Å²) in [5, 5.41) is 0.807. The number of fused-ring (bicyclic) bond motifs is 1. The fourth-order valence-electron chi connectivity index (χ4n) is 3.09. The van der Waals surface area contributed by atoms with Gasteiger partial charge >= 0.3 is 0 Å². The summed E-state index contributed by atoms with van der Waals surface area (Å²) in [5.41, 5.74) is 3.40. The summed E-state index contributed by atoms with van der Waals surface area (Å²) in [4.78, 5) is 23.0. The topological polar surface area (TPSA) is 36.4 Å². The van der Waals surface area contributed by atoms with Crippen molar-refractivity contribution in [2.45, 2.75) is 25.2 Å². The van der Waals surface area contributed by atoms with E-state index in [1.807, 2.05) is 35.2 Å². The molecule has 0 fully saturated rings. The Morgan fingerprint density at radius 2 is 1.83 bits per heavy atom. The lowest BCUT2D eigenvalue weighted by Crippen LogP contribution is -2.34. The molecule has 0 saturated carbocycles. The van der Waals surface area contributed by atoms with Gasteiger partial charge in [-0.3, -0.25) is 9.69 Å². The fourth-order valence-corrected chi connectivity index (χ4v) is 5.07. The summed E-state index contributed by atoms with van der Waals surface area (Å²) in [7, 11) is 4.11. The minimum atomic E-state index is 0. The highest BCUT2D eigenvalue weighted by atomic mass is 35.5. The first-order valence-corrected chi connectivity index (χ1v) is 11.2. The second kappa shape index (κ2) is 11.0. The third-order valence-corrected chi connectivity index (χ3v) is 6.47. The molecule has 0 aliphatic carbocycles. The van der Waals surface area contributed by atoms with Crippen LogP contribution in [0.4, 0.5) is 5.13 Å². The number of hydrogen-bond donors (Lipinski definition) is 0. The van der Waals surface area contributed by atoms with E-state index >= 15 is 0 Å². The Hall–Kier alpha value is -1.60. The first-order chi connectivity index (χ1) is 13.4. The summed E-state index contributed by atoms with van der Waals surface area (Å²) in [5.74, 6) is 0.529. The Bertz CT molecular complexity index is 944. The maximum absolute atomic E-state index is 13.1. The molecule has 1 amide bonds. The second-order valence-electron chi connectivity index (χ2n) is 7.23. The molecule has 3 rings (SSSR count). The normalized spacial score (nSPS) is 10.9. The number of thioether (sulfide) groups is 1. The molecule has 2 aromatic carbocycles. The van der Waals surface area contributed by atoms with Crippen molar-refractivity contribution in [3.63, 3.8) is 0 Å². The van der Waals surface area contributed by atoms with Crippen LogP contribution in [-0.4, -0.2) is 48.7 Å². The third kappa shape index (κ3) is 6.44. The van der Waals surface area contributed by atoms with Crippen LogP contribution in [0, 0.1) is 13.8 Å². The fraction of sp³-hybridized carbons (Fsp3) is 0.364. The van der Waals surface area contributed by atoms with Gasteiger partial charge in [-0.25, -0.2) is 4.98 Å². The molecule has 1 heterocycles. The molecule has 0 atom stereocenters. The molecule has 3 aromatic rings. The lowest BCUT2D eigenvalue weighted by Gasteiger charge is -2.21. The quantitative estimate of drug-likeness (QED) is 0.430. The van der Waals surface area contributed by atoms with Gasteiger partial charge in [-0.15, -0.1) is 24.2 Å². The summed E-state index contributed by atoms with van der Waals surface area (Å²) >= 11 is 3.19. The highest BCUT2D eigenvalue weighted by molar-refractivity contribution is 8.00. The number of thiazole rings is 1. The van der Waals surface area contributed by atoms with Gasteiger partial charge < -0.3 is 4.90 Å². The smallest absolute Gasteiger partial charge is 0.239 e. The van der Waals surface area contributed by atoms with Gasteiger partial charge in [-0.1, -0.05) is 35.6 Å². The minimum absolute atomic E-state index is 0. The van der Waals surface area contributed by atoms with E-state index in [1.54, 1.807) is 23.1 Å². The molecule has 7 heteroatoms. The number of rotatable bonds is 8. The predicted octanol–water partition coefficient (Wildman–Crippen LogP) is 5.41. The molecule has 1 aromatic heterocycles. The van der Waals surface area contributed by atoms with Crippen molar-refractivity contribution in [1.82, 2.24) is 9.88 Å². The first kappa shape index (κ1) is 23.7. The van der Waals surface area contributed by atoms with E-state index in [0.717, 1.165) is 38.8 Å². The summed E-state index contributed by atoms with van der Waals surface area (Å²) in [6.07, 6.45) is 0.919. The van der Waals surface area contributed by atoms with Crippen LogP contribution in [0.3, 0.4) is 0 Å². The molecule has 0 radical (unpaired) electrons. The van der Waals surface area contributed by atoms with Gasteiger partial charge in [0.05, 0.1) is 16.0 Å². The molecule has 0 saturated heterocycles. The number of nitrogens with zero attached hydrogens (tertiary/aromatic N) is 3. The van der Waals surface area contributed by atoms with Gasteiger partial charge in [0.15, 0.2) is 5.13 Å². The van der Waals surface area contributed by atoms with E-state index < -0.39 is 0 Å². The molecule has 0 unspecified atom stereocenters. The van der Waals surface area contributed by atoms with E-state index in [-0.39, 0.29) is 18.3 Å². The Morgan fingerprint density at radius 3 is 2.52 bits per heavy atom. The third-order valence-electron chi connectivity index (χ3n) is 4.44. The van der Waals surface area contributed by atoms with Crippen LogP contribution in [0.1, 0.15) is 17.5 Å². The van der Waals surface area contributed by atoms with Crippen molar-refractivity contribution in [3.8, 4) is 0 Å². The average Bonchev–Trinajstić information content (AvgIpc) is 3.08. The lowest BCUT2D eigenvalue weighted by molar-refractivity contribution is -0.116. The van der Waals surface area contributed by atoms with Crippen LogP contribution in [0.5, 0.6) is 0 Å². The van der Waals surface area contributed by atoms with Crippen LogP contribution >= 0.6 is 35.5 Å². The number of amides is 1. The predicted molar refractivity (Wildman–Crippen MR) is 129 cm³/mol. The van der Waals surface area contributed by atoms with Crippen molar-refractivity contribution >= 4 is 56.8 Å². The minimum Gasteiger partial charge on any atom is -0.309 e. The summed E-state index contributed by atoms with van der Waals surface area (Å²) < 4.78 is 1.15.